The normalized spacial score (nSPS) is 11.8. The molecule has 0 N–H and O–H groups in total. The Morgan fingerprint density at radius 1 is 0.162 bits per heavy atom. The van der Waals surface area contributed by atoms with Crippen LogP contribution in [-0.4, -0.2) is 0 Å². The van der Waals surface area contributed by atoms with E-state index in [4.69, 9.17) is 0 Å². The monoisotopic (exact) mass is 858 g/mol. The highest BCUT2D eigenvalue weighted by molar-refractivity contribution is 6.44. The second kappa shape index (κ2) is 15.4. The van der Waals surface area contributed by atoms with Crippen LogP contribution in [0.5, 0.6) is 0 Å². The van der Waals surface area contributed by atoms with Gasteiger partial charge in [0.15, 0.2) is 0 Å². The molecule has 0 heterocycles. The van der Waals surface area contributed by atoms with E-state index in [0.717, 1.165) is 0 Å². The van der Waals surface area contributed by atoms with Gasteiger partial charge in [0.2, 0.25) is 0 Å². The summed E-state index contributed by atoms with van der Waals surface area (Å²) < 4.78 is 0. The van der Waals surface area contributed by atoms with Crippen LogP contribution >= 0.6 is 0 Å². The largest absolute Gasteiger partial charge is 0.0622 e. The van der Waals surface area contributed by atoms with E-state index in [1.165, 1.54) is 142 Å². The molecule has 0 fully saturated rings. The van der Waals surface area contributed by atoms with E-state index < -0.39 is 0 Å². The van der Waals surface area contributed by atoms with Crippen molar-refractivity contribution in [1.82, 2.24) is 0 Å². The van der Waals surface area contributed by atoms with Gasteiger partial charge in [-0.15, -0.1) is 0 Å². The second-order valence-corrected chi connectivity index (χ2v) is 18.2. The summed E-state index contributed by atoms with van der Waals surface area (Å²) in [6.45, 7) is 0. The molecule has 14 aromatic rings. The molecule has 0 saturated heterocycles. The molecule has 0 atom stereocenters. The van der Waals surface area contributed by atoms with Crippen LogP contribution in [0.2, 0.25) is 0 Å². The van der Waals surface area contributed by atoms with Crippen LogP contribution in [-0.2, 0) is 0 Å². The van der Waals surface area contributed by atoms with E-state index in [9.17, 15) is 0 Å². The minimum atomic E-state index is 1.21. The van der Waals surface area contributed by atoms with Gasteiger partial charge >= 0.3 is 0 Å². The Hall–Kier alpha value is -8.84. The van der Waals surface area contributed by atoms with Crippen LogP contribution in [0, 0.1) is 0 Å². The minimum absolute atomic E-state index is 1.21. The topological polar surface area (TPSA) is 0 Å². The first-order valence-electron chi connectivity index (χ1n) is 23.7. The molecule has 0 bridgehead atoms. The van der Waals surface area contributed by atoms with Crippen molar-refractivity contribution in [2.75, 3.05) is 0 Å². The first-order valence-corrected chi connectivity index (χ1v) is 23.7. The van der Waals surface area contributed by atoms with Crippen LogP contribution in [0.4, 0.5) is 0 Å². The molecular weight excluding hydrogens is 817 g/mol. The van der Waals surface area contributed by atoms with Crippen molar-refractivity contribution in [3.05, 3.63) is 255 Å². The van der Waals surface area contributed by atoms with Gasteiger partial charge in [0.25, 0.3) is 0 Å². The molecule has 0 spiro atoms. The van der Waals surface area contributed by atoms with Crippen molar-refractivity contribution >= 4 is 75.4 Å². The van der Waals surface area contributed by atoms with Gasteiger partial charge in [-0.3, -0.25) is 0 Å². The zero-order valence-electron chi connectivity index (χ0n) is 37.2. The van der Waals surface area contributed by atoms with Gasteiger partial charge < -0.3 is 0 Å². The van der Waals surface area contributed by atoms with Crippen molar-refractivity contribution < 1.29 is 0 Å². The molecule has 0 saturated carbocycles. The van der Waals surface area contributed by atoms with Crippen molar-refractivity contribution in [3.8, 4) is 66.8 Å². The summed E-state index contributed by atoms with van der Waals surface area (Å²) >= 11 is 0. The number of rotatable bonds is 6. The Morgan fingerprint density at radius 2 is 0.603 bits per heavy atom. The predicted molar refractivity (Wildman–Crippen MR) is 293 cm³/mol. The fourth-order valence-corrected chi connectivity index (χ4v) is 11.7. The van der Waals surface area contributed by atoms with Crippen molar-refractivity contribution in [3.63, 3.8) is 0 Å². The summed E-state index contributed by atoms with van der Waals surface area (Å²) in [5.41, 5.74) is 14.8. The van der Waals surface area contributed by atoms with Crippen LogP contribution in [0.25, 0.3) is 142 Å². The fraction of sp³-hybridized carbons (Fsp3) is 0. The maximum atomic E-state index is 2.45. The first-order chi connectivity index (χ1) is 33.8. The second-order valence-electron chi connectivity index (χ2n) is 18.2. The Bertz CT molecular complexity index is 4280. The van der Waals surface area contributed by atoms with E-state index in [0.29, 0.717) is 0 Å². The highest BCUT2D eigenvalue weighted by Gasteiger charge is 2.24. The van der Waals surface area contributed by atoms with Crippen molar-refractivity contribution in [1.29, 1.82) is 0 Å². The van der Waals surface area contributed by atoms with Crippen LogP contribution < -0.4 is 0 Å². The average Bonchev–Trinajstić information content (AvgIpc) is 3.42. The predicted octanol–water partition coefficient (Wildman–Crippen LogP) is 19.2. The molecule has 14 aromatic carbocycles. The average molecular weight is 859 g/mol. The third kappa shape index (κ3) is 5.81. The van der Waals surface area contributed by atoms with Crippen molar-refractivity contribution in [2.24, 2.45) is 0 Å². The molecule has 0 nitrogen and oxygen atoms in total. The number of hydrogen-bond acceptors (Lipinski definition) is 0. The highest BCUT2D eigenvalue weighted by Crippen LogP contribution is 2.52. The molecule has 0 aliphatic heterocycles. The molecule has 0 aliphatic rings. The Labute approximate surface area is 395 Å². The number of hydrogen-bond donors (Lipinski definition) is 0. The van der Waals surface area contributed by atoms with E-state index >= 15 is 0 Å². The van der Waals surface area contributed by atoms with Crippen LogP contribution in [0.1, 0.15) is 0 Å². The lowest BCUT2D eigenvalue weighted by Gasteiger charge is -2.23. The SMILES string of the molecule is c1ccc(-c2ccc(-c3ccccc3)c(-c3ccc(-c4c5ccccc5c5c6ccc(-c7ccccc7-c7ccccc7)c7cc8ccccc8c(c8cccc4c85)c76)c4ccccc34)c2)cc1. The molecule has 0 aliphatic carbocycles. The molecule has 314 valence electrons. The van der Waals surface area contributed by atoms with Crippen LogP contribution in [0.15, 0.2) is 255 Å². The zero-order chi connectivity index (χ0) is 44.7. The summed E-state index contributed by atoms with van der Waals surface area (Å²) in [5.74, 6) is 0. The molecule has 0 aromatic heterocycles. The molecule has 0 amide bonds. The maximum absolute atomic E-state index is 2.45. The minimum Gasteiger partial charge on any atom is -0.0622 e. The maximum Gasteiger partial charge on any atom is -0.00134 e. The van der Waals surface area contributed by atoms with Crippen LogP contribution in [0.3, 0.4) is 0 Å². The molecule has 14 rings (SSSR count). The molecule has 0 heteroatoms. The van der Waals surface area contributed by atoms with Gasteiger partial charge in [-0.05, 0) is 154 Å². The number of fused-ring (bicyclic) bond motifs is 7. The third-order valence-corrected chi connectivity index (χ3v) is 14.6. The summed E-state index contributed by atoms with van der Waals surface area (Å²) in [6.07, 6.45) is 0. The van der Waals surface area contributed by atoms with E-state index in [1.807, 2.05) is 0 Å². The third-order valence-electron chi connectivity index (χ3n) is 14.6. The zero-order valence-corrected chi connectivity index (χ0v) is 37.2. The van der Waals surface area contributed by atoms with Gasteiger partial charge in [0.05, 0.1) is 0 Å². The van der Waals surface area contributed by atoms with Gasteiger partial charge in [-0.25, -0.2) is 0 Å². The highest BCUT2D eigenvalue weighted by atomic mass is 14.3. The van der Waals surface area contributed by atoms with Gasteiger partial charge in [0, 0.05) is 0 Å². The Morgan fingerprint density at radius 3 is 1.34 bits per heavy atom. The summed E-state index contributed by atoms with van der Waals surface area (Å²) in [5, 5.41) is 18.0. The number of benzene rings is 14. The lowest BCUT2D eigenvalue weighted by Crippen LogP contribution is -1.95. The Balaban J connectivity index is 1.08. The van der Waals surface area contributed by atoms with Crippen molar-refractivity contribution in [2.45, 2.75) is 0 Å². The smallest absolute Gasteiger partial charge is 0.00134 e. The van der Waals surface area contributed by atoms with Gasteiger partial charge in [-0.2, -0.15) is 0 Å². The summed E-state index contributed by atoms with van der Waals surface area (Å²) in [6, 6.07) is 94.6. The van der Waals surface area contributed by atoms with E-state index in [2.05, 4.69) is 255 Å². The lowest BCUT2D eigenvalue weighted by molar-refractivity contribution is 1.57. The van der Waals surface area contributed by atoms with E-state index in [-0.39, 0.29) is 0 Å². The standard InChI is InChI=1S/C68H42/c1-4-19-43(20-5-1)46-35-36-49(45-23-8-3-9-24-45)62(41-46)54-37-39-58(53-30-15-14-29-52(53)54)64-56-31-16-17-32-57(56)66-61-40-38-55(51-28-13-12-26-48(51)44-21-6-2-7-22-44)63-42-47-25-10-11-27-50(47)65(68(61)63)60-34-18-33-59(64)67(60)66/h1-42H. The van der Waals surface area contributed by atoms with Gasteiger partial charge in [0.1, 0.15) is 0 Å². The molecular formula is C68H42. The van der Waals surface area contributed by atoms with Gasteiger partial charge in [-0.1, -0.05) is 243 Å². The summed E-state index contributed by atoms with van der Waals surface area (Å²) in [7, 11) is 0. The molecule has 0 radical (unpaired) electrons. The lowest BCUT2D eigenvalue weighted by atomic mass is 9.80. The Kier molecular flexibility index (Phi) is 8.69. The molecule has 0 unspecified atom stereocenters. The fourth-order valence-electron chi connectivity index (χ4n) is 11.7. The molecule has 68 heavy (non-hydrogen) atoms. The summed E-state index contributed by atoms with van der Waals surface area (Å²) in [4.78, 5) is 0. The van der Waals surface area contributed by atoms with E-state index in [1.54, 1.807) is 0 Å². The first kappa shape index (κ1) is 38.4. The quantitative estimate of drug-likeness (QED) is 0.115.